The van der Waals surface area contributed by atoms with Gasteiger partial charge in [-0.2, -0.15) is 0 Å². The summed E-state index contributed by atoms with van der Waals surface area (Å²) in [5.41, 5.74) is 3.61. The highest BCUT2D eigenvalue weighted by Gasteiger charge is 2.23. The summed E-state index contributed by atoms with van der Waals surface area (Å²) in [4.78, 5) is 13.8. The number of rotatable bonds is 2. The molecule has 2 aromatic rings. The zero-order valence-corrected chi connectivity index (χ0v) is 10.7. The van der Waals surface area contributed by atoms with E-state index in [0.717, 1.165) is 24.3 Å². The number of ketones is 1. The van der Waals surface area contributed by atoms with Gasteiger partial charge in [-0.1, -0.05) is 18.2 Å². The number of fused-ring (bicyclic) bond motifs is 1. The third-order valence-electron chi connectivity index (χ3n) is 3.52. The molecule has 0 spiro atoms. The van der Waals surface area contributed by atoms with E-state index in [9.17, 15) is 9.18 Å². The Hall–Kier alpha value is -2.16. The fraction of sp³-hybridized carbons (Fsp3) is 0.188. The molecule has 0 saturated heterocycles. The third kappa shape index (κ3) is 2.01. The Morgan fingerprint density at radius 1 is 1.16 bits per heavy atom. The molecular formula is C16H14FNO. The van der Waals surface area contributed by atoms with Gasteiger partial charge in [-0.25, -0.2) is 4.39 Å². The molecule has 3 heteroatoms. The fourth-order valence-corrected chi connectivity index (χ4v) is 2.61. The van der Waals surface area contributed by atoms with Crippen molar-refractivity contribution in [3.63, 3.8) is 0 Å². The second-order valence-electron chi connectivity index (χ2n) is 4.75. The predicted octanol–water partition coefficient (Wildman–Crippen LogP) is 3.72. The standard InChI is InChI=1S/C16H14FNO/c1-11(19)14-10-13(17)6-7-16(14)18-9-8-12-4-2-3-5-15(12)18/h2-7,10H,8-9H2,1H3. The SMILES string of the molecule is CC(=O)c1cc(F)ccc1N1CCc2ccccc21. The molecule has 0 aromatic heterocycles. The maximum atomic E-state index is 13.3. The molecule has 3 rings (SSSR count). The Balaban J connectivity index is 2.12. The van der Waals surface area contributed by atoms with E-state index in [4.69, 9.17) is 0 Å². The molecule has 0 N–H and O–H groups in total. The number of halogens is 1. The Bertz CT molecular complexity index is 651. The van der Waals surface area contributed by atoms with Crippen LogP contribution in [0.25, 0.3) is 0 Å². The van der Waals surface area contributed by atoms with Gasteiger partial charge < -0.3 is 4.90 Å². The lowest BCUT2D eigenvalue weighted by molar-refractivity contribution is 0.101. The molecule has 0 fully saturated rings. The summed E-state index contributed by atoms with van der Waals surface area (Å²) >= 11 is 0. The molecule has 1 heterocycles. The van der Waals surface area contributed by atoms with Crippen LogP contribution in [0.1, 0.15) is 22.8 Å². The van der Waals surface area contributed by atoms with Gasteiger partial charge >= 0.3 is 0 Å². The first-order chi connectivity index (χ1) is 9.16. The van der Waals surface area contributed by atoms with Gasteiger partial charge in [0.05, 0.1) is 5.69 Å². The van der Waals surface area contributed by atoms with Gasteiger partial charge in [0.25, 0.3) is 0 Å². The number of benzene rings is 2. The van der Waals surface area contributed by atoms with Gasteiger partial charge in [-0.15, -0.1) is 0 Å². The number of carbonyl (C=O) groups excluding carboxylic acids is 1. The maximum absolute atomic E-state index is 13.3. The highest BCUT2D eigenvalue weighted by atomic mass is 19.1. The minimum Gasteiger partial charge on any atom is -0.340 e. The van der Waals surface area contributed by atoms with E-state index in [-0.39, 0.29) is 11.6 Å². The van der Waals surface area contributed by atoms with Crippen molar-refractivity contribution in [1.82, 2.24) is 0 Å². The number of anilines is 2. The third-order valence-corrected chi connectivity index (χ3v) is 3.52. The molecule has 2 aromatic carbocycles. The molecule has 0 bridgehead atoms. The molecule has 0 atom stereocenters. The molecule has 0 amide bonds. The highest BCUT2D eigenvalue weighted by Crippen LogP contribution is 2.36. The monoisotopic (exact) mass is 255 g/mol. The van der Waals surface area contributed by atoms with E-state index >= 15 is 0 Å². The summed E-state index contributed by atoms with van der Waals surface area (Å²) in [6.45, 7) is 2.30. The summed E-state index contributed by atoms with van der Waals surface area (Å²) in [7, 11) is 0. The van der Waals surface area contributed by atoms with E-state index in [1.165, 1.54) is 24.6 Å². The van der Waals surface area contributed by atoms with Crippen LogP contribution in [0.5, 0.6) is 0 Å². The van der Waals surface area contributed by atoms with Crippen LogP contribution in [0.4, 0.5) is 15.8 Å². The van der Waals surface area contributed by atoms with Crippen molar-refractivity contribution in [3.8, 4) is 0 Å². The molecule has 96 valence electrons. The zero-order chi connectivity index (χ0) is 13.4. The quantitative estimate of drug-likeness (QED) is 0.762. The lowest BCUT2D eigenvalue weighted by Crippen LogP contribution is -2.16. The second kappa shape index (κ2) is 4.50. The van der Waals surface area contributed by atoms with Crippen molar-refractivity contribution in [2.24, 2.45) is 0 Å². The molecular weight excluding hydrogens is 241 g/mol. The molecule has 19 heavy (non-hydrogen) atoms. The van der Waals surface area contributed by atoms with Crippen molar-refractivity contribution in [3.05, 3.63) is 59.4 Å². The first-order valence-electron chi connectivity index (χ1n) is 6.33. The number of para-hydroxylation sites is 1. The molecule has 0 aliphatic carbocycles. The maximum Gasteiger partial charge on any atom is 0.162 e. The van der Waals surface area contributed by atoms with Crippen molar-refractivity contribution >= 4 is 17.2 Å². The minimum atomic E-state index is -0.374. The largest absolute Gasteiger partial charge is 0.340 e. The second-order valence-corrected chi connectivity index (χ2v) is 4.75. The summed E-state index contributed by atoms with van der Waals surface area (Å²) in [5, 5.41) is 0. The van der Waals surface area contributed by atoms with E-state index in [1.807, 2.05) is 18.2 Å². The topological polar surface area (TPSA) is 20.3 Å². The van der Waals surface area contributed by atoms with Gasteiger partial charge in [0.2, 0.25) is 0 Å². The Morgan fingerprint density at radius 2 is 1.95 bits per heavy atom. The van der Waals surface area contributed by atoms with Crippen LogP contribution < -0.4 is 4.90 Å². The van der Waals surface area contributed by atoms with Gasteiger partial charge in [-0.3, -0.25) is 4.79 Å². The van der Waals surface area contributed by atoms with Gasteiger partial charge in [0, 0.05) is 17.8 Å². The van der Waals surface area contributed by atoms with Crippen molar-refractivity contribution < 1.29 is 9.18 Å². The highest BCUT2D eigenvalue weighted by molar-refractivity contribution is 6.00. The van der Waals surface area contributed by atoms with Crippen molar-refractivity contribution in [2.45, 2.75) is 13.3 Å². The molecule has 0 radical (unpaired) electrons. The van der Waals surface area contributed by atoms with Crippen molar-refractivity contribution in [2.75, 3.05) is 11.4 Å². The first-order valence-corrected chi connectivity index (χ1v) is 6.33. The van der Waals surface area contributed by atoms with E-state index in [1.54, 1.807) is 6.07 Å². The smallest absolute Gasteiger partial charge is 0.162 e. The number of nitrogens with zero attached hydrogens (tertiary/aromatic N) is 1. The lowest BCUT2D eigenvalue weighted by Gasteiger charge is -2.22. The van der Waals surface area contributed by atoms with Crippen LogP contribution in [0, 0.1) is 5.82 Å². The van der Waals surface area contributed by atoms with Crippen LogP contribution >= 0.6 is 0 Å². The van der Waals surface area contributed by atoms with E-state index in [2.05, 4.69) is 11.0 Å². The Kier molecular flexibility index (Phi) is 2.82. The lowest BCUT2D eigenvalue weighted by atomic mass is 10.1. The van der Waals surface area contributed by atoms with Crippen molar-refractivity contribution in [1.29, 1.82) is 0 Å². The van der Waals surface area contributed by atoms with Crippen LogP contribution in [-0.4, -0.2) is 12.3 Å². The van der Waals surface area contributed by atoms with Crippen LogP contribution in [-0.2, 0) is 6.42 Å². The molecule has 0 saturated carbocycles. The Morgan fingerprint density at radius 3 is 2.74 bits per heavy atom. The number of hydrogen-bond donors (Lipinski definition) is 0. The van der Waals surface area contributed by atoms with E-state index in [0.29, 0.717) is 5.56 Å². The normalized spacial score (nSPS) is 13.5. The predicted molar refractivity (Wildman–Crippen MR) is 73.6 cm³/mol. The van der Waals surface area contributed by atoms with Gasteiger partial charge in [0.15, 0.2) is 5.78 Å². The summed E-state index contributed by atoms with van der Waals surface area (Å²) < 4.78 is 13.3. The summed E-state index contributed by atoms with van der Waals surface area (Å²) in [6, 6.07) is 12.5. The molecule has 2 nitrogen and oxygen atoms in total. The molecule has 1 aliphatic heterocycles. The molecule has 0 unspecified atom stereocenters. The summed E-state index contributed by atoms with van der Waals surface area (Å²) in [6.07, 6.45) is 0.949. The average Bonchev–Trinajstić information content (AvgIpc) is 2.82. The van der Waals surface area contributed by atoms with Crippen LogP contribution in [0.3, 0.4) is 0 Å². The number of carbonyl (C=O) groups is 1. The zero-order valence-electron chi connectivity index (χ0n) is 10.7. The van der Waals surface area contributed by atoms with Gasteiger partial charge in [-0.05, 0) is 43.2 Å². The van der Waals surface area contributed by atoms with Crippen LogP contribution in [0.15, 0.2) is 42.5 Å². The fourth-order valence-electron chi connectivity index (χ4n) is 2.61. The average molecular weight is 255 g/mol. The number of Topliss-reactive ketones (excluding diaryl/α,β-unsaturated/α-hetero) is 1. The van der Waals surface area contributed by atoms with Crippen LogP contribution in [0.2, 0.25) is 0 Å². The summed E-state index contributed by atoms with van der Waals surface area (Å²) in [5.74, 6) is -0.486. The number of hydrogen-bond acceptors (Lipinski definition) is 2. The molecule has 1 aliphatic rings. The first kappa shape index (κ1) is 11.9. The van der Waals surface area contributed by atoms with Gasteiger partial charge in [0.1, 0.15) is 5.82 Å². The minimum absolute atomic E-state index is 0.112. The van der Waals surface area contributed by atoms with E-state index < -0.39 is 0 Å². The Labute approximate surface area is 111 Å².